The van der Waals surface area contributed by atoms with Gasteiger partial charge in [0, 0.05) is 13.2 Å². The van der Waals surface area contributed by atoms with E-state index in [9.17, 15) is 13.2 Å². The Labute approximate surface area is 142 Å². The molecule has 1 aliphatic rings. The Balaban J connectivity index is 1.96. The lowest BCUT2D eigenvalue weighted by molar-refractivity contribution is -0.137. The summed E-state index contributed by atoms with van der Waals surface area (Å²) in [6, 6.07) is 0. The molecule has 10 heteroatoms. The van der Waals surface area contributed by atoms with Crippen molar-refractivity contribution in [3.05, 3.63) is 23.7 Å². The number of nitrogens with zero attached hydrogens (tertiary/aromatic N) is 4. The van der Waals surface area contributed by atoms with Crippen molar-refractivity contribution < 1.29 is 17.9 Å². The van der Waals surface area contributed by atoms with Crippen molar-refractivity contribution in [2.24, 2.45) is 0 Å². The number of nitrogens with one attached hydrogen (secondary N) is 2. The van der Waals surface area contributed by atoms with Gasteiger partial charge in [-0.1, -0.05) is 0 Å². The van der Waals surface area contributed by atoms with Crippen LogP contribution in [0.3, 0.4) is 0 Å². The van der Waals surface area contributed by atoms with Crippen LogP contribution >= 0.6 is 0 Å². The minimum atomic E-state index is -4.53. The lowest BCUT2D eigenvalue weighted by atomic mass is 10.0. The number of ether oxygens (including phenoxy) is 1. The van der Waals surface area contributed by atoms with Gasteiger partial charge >= 0.3 is 6.18 Å². The zero-order valence-electron chi connectivity index (χ0n) is 14.3. The molecule has 0 saturated carbocycles. The summed E-state index contributed by atoms with van der Waals surface area (Å²) in [6.45, 7) is 6.39. The summed E-state index contributed by atoms with van der Waals surface area (Å²) in [6.07, 6.45) is -2.39. The van der Waals surface area contributed by atoms with Crippen molar-refractivity contribution in [3.8, 4) is 0 Å². The third kappa shape index (κ3) is 3.13. The van der Waals surface area contributed by atoms with E-state index in [1.165, 1.54) is 7.05 Å². The first-order valence-electron chi connectivity index (χ1n) is 7.72. The molecule has 1 atom stereocenters. The van der Waals surface area contributed by atoms with Crippen LogP contribution in [0, 0.1) is 0 Å². The first-order chi connectivity index (χ1) is 11.6. The molecule has 2 aromatic heterocycles. The molecule has 0 spiro atoms. The molecule has 3 heterocycles. The van der Waals surface area contributed by atoms with E-state index in [0.717, 1.165) is 11.9 Å². The molecule has 2 aromatic rings. The van der Waals surface area contributed by atoms with E-state index < -0.39 is 11.7 Å². The number of fused-ring (bicyclic) bond motifs is 1. The molecule has 0 saturated heterocycles. The van der Waals surface area contributed by atoms with Gasteiger partial charge < -0.3 is 15.4 Å². The zero-order valence-corrected chi connectivity index (χ0v) is 14.3. The maximum atomic E-state index is 12.9. The summed E-state index contributed by atoms with van der Waals surface area (Å²) < 4.78 is 46.4. The summed E-state index contributed by atoms with van der Waals surface area (Å²) in [4.78, 5) is 7.69. The third-order valence-electron chi connectivity index (χ3n) is 4.03. The van der Waals surface area contributed by atoms with E-state index in [0.29, 0.717) is 12.3 Å². The number of anilines is 3. The van der Waals surface area contributed by atoms with Gasteiger partial charge in [0.1, 0.15) is 11.4 Å². The lowest BCUT2D eigenvalue weighted by Crippen LogP contribution is -2.39. The van der Waals surface area contributed by atoms with Gasteiger partial charge in [0.25, 0.3) is 0 Å². The van der Waals surface area contributed by atoms with E-state index in [2.05, 4.69) is 25.7 Å². The standard InChI is InChI=1S/C15H19F3N6O/c1-8-11-10(6-21-24(11)14(2,3)7-25-8)22-13-20-5-9(15(16,17)18)12(19-4)23-13/h5-6,8H,7H2,1-4H3,(H2,19,20,22,23). The Hall–Kier alpha value is -2.36. The molecule has 25 heavy (non-hydrogen) atoms. The van der Waals surface area contributed by atoms with Gasteiger partial charge in [0.2, 0.25) is 5.95 Å². The van der Waals surface area contributed by atoms with Gasteiger partial charge in [-0.25, -0.2) is 4.98 Å². The van der Waals surface area contributed by atoms with Crippen LogP contribution in [0.15, 0.2) is 12.4 Å². The van der Waals surface area contributed by atoms with Crippen LogP contribution < -0.4 is 10.6 Å². The molecular formula is C15H19F3N6O. The van der Waals surface area contributed by atoms with Crippen LogP contribution in [0.4, 0.5) is 30.6 Å². The first kappa shape index (κ1) is 17.5. The molecule has 0 aromatic carbocycles. The molecule has 1 aliphatic heterocycles. The Morgan fingerprint density at radius 3 is 2.68 bits per heavy atom. The Kier molecular flexibility index (Phi) is 4.10. The largest absolute Gasteiger partial charge is 0.421 e. The zero-order chi connectivity index (χ0) is 18.4. The predicted octanol–water partition coefficient (Wildman–Crippen LogP) is 3.30. The van der Waals surface area contributed by atoms with Crippen LogP contribution in [-0.2, 0) is 16.5 Å². The van der Waals surface area contributed by atoms with Gasteiger partial charge in [0.15, 0.2) is 0 Å². The van der Waals surface area contributed by atoms with Crippen molar-refractivity contribution in [2.45, 2.75) is 38.6 Å². The molecular weight excluding hydrogens is 337 g/mol. The SMILES string of the molecule is CNc1nc(Nc2cnn3c2C(C)OCC3(C)C)ncc1C(F)(F)F. The van der Waals surface area contributed by atoms with Crippen LogP contribution in [-0.4, -0.2) is 33.4 Å². The predicted molar refractivity (Wildman–Crippen MR) is 85.8 cm³/mol. The minimum absolute atomic E-state index is 0.0451. The van der Waals surface area contributed by atoms with Crippen molar-refractivity contribution in [1.29, 1.82) is 0 Å². The van der Waals surface area contributed by atoms with Crippen LogP contribution in [0.2, 0.25) is 0 Å². The molecule has 136 valence electrons. The second kappa shape index (κ2) is 5.87. The van der Waals surface area contributed by atoms with Crippen LogP contribution in [0.1, 0.15) is 38.1 Å². The number of hydrogen-bond donors (Lipinski definition) is 2. The number of halogens is 3. The maximum Gasteiger partial charge on any atom is 0.421 e. The molecule has 1 unspecified atom stereocenters. The molecule has 2 N–H and O–H groups in total. The van der Waals surface area contributed by atoms with Gasteiger partial charge in [-0.3, -0.25) is 4.68 Å². The average Bonchev–Trinajstić information content (AvgIpc) is 2.95. The summed E-state index contributed by atoms with van der Waals surface area (Å²) >= 11 is 0. The van der Waals surface area contributed by atoms with E-state index >= 15 is 0 Å². The molecule has 0 bridgehead atoms. The van der Waals surface area contributed by atoms with E-state index in [1.807, 2.05) is 25.5 Å². The van der Waals surface area contributed by atoms with Gasteiger partial charge in [0.05, 0.1) is 35.8 Å². The topological polar surface area (TPSA) is 76.9 Å². The highest BCUT2D eigenvalue weighted by Gasteiger charge is 2.36. The summed E-state index contributed by atoms with van der Waals surface area (Å²) in [5, 5.41) is 9.77. The Morgan fingerprint density at radius 1 is 1.32 bits per heavy atom. The average molecular weight is 356 g/mol. The quantitative estimate of drug-likeness (QED) is 0.879. The van der Waals surface area contributed by atoms with Crippen molar-refractivity contribution in [3.63, 3.8) is 0 Å². The molecule has 7 nitrogen and oxygen atoms in total. The first-order valence-corrected chi connectivity index (χ1v) is 7.72. The van der Waals surface area contributed by atoms with Gasteiger partial charge in [-0.15, -0.1) is 0 Å². The van der Waals surface area contributed by atoms with Crippen LogP contribution in [0.25, 0.3) is 0 Å². The van der Waals surface area contributed by atoms with Gasteiger partial charge in [-0.2, -0.15) is 23.3 Å². The number of alkyl halides is 3. The smallest absolute Gasteiger partial charge is 0.372 e. The molecule has 0 aliphatic carbocycles. The Morgan fingerprint density at radius 2 is 2.04 bits per heavy atom. The fraction of sp³-hybridized carbons (Fsp3) is 0.533. The van der Waals surface area contributed by atoms with E-state index in [-0.39, 0.29) is 23.4 Å². The third-order valence-corrected chi connectivity index (χ3v) is 4.03. The van der Waals surface area contributed by atoms with Crippen molar-refractivity contribution in [1.82, 2.24) is 19.7 Å². The summed E-state index contributed by atoms with van der Waals surface area (Å²) in [7, 11) is 1.38. The summed E-state index contributed by atoms with van der Waals surface area (Å²) in [5.41, 5.74) is 0.155. The highest BCUT2D eigenvalue weighted by Crippen LogP contribution is 2.37. The fourth-order valence-electron chi connectivity index (χ4n) is 2.76. The maximum absolute atomic E-state index is 12.9. The number of hydrogen-bond acceptors (Lipinski definition) is 6. The monoisotopic (exact) mass is 356 g/mol. The molecule has 0 radical (unpaired) electrons. The van der Waals surface area contributed by atoms with Crippen molar-refractivity contribution in [2.75, 3.05) is 24.3 Å². The second-order valence-electron chi connectivity index (χ2n) is 6.45. The lowest BCUT2D eigenvalue weighted by Gasteiger charge is -2.35. The van der Waals surface area contributed by atoms with E-state index in [1.54, 1.807) is 6.20 Å². The Bertz CT molecular complexity index is 786. The van der Waals surface area contributed by atoms with Gasteiger partial charge in [-0.05, 0) is 20.8 Å². The minimum Gasteiger partial charge on any atom is -0.372 e. The molecule has 0 amide bonds. The normalized spacial score (nSPS) is 19.4. The number of rotatable bonds is 3. The molecule has 0 fully saturated rings. The number of aromatic nitrogens is 4. The second-order valence-corrected chi connectivity index (χ2v) is 6.45. The van der Waals surface area contributed by atoms with E-state index in [4.69, 9.17) is 4.74 Å². The fourth-order valence-corrected chi connectivity index (χ4v) is 2.76. The highest BCUT2D eigenvalue weighted by molar-refractivity contribution is 5.59. The van der Waals surface area contributed by atoms with Crippen LogP contribution in [0.5, 0.6) is 0 Å². The highest BCUT2D eigenvalue weighted by atomic mass is 19.4. The molecule has 3 rings (SSSR count). The summed E-state index contributed by atoms with van der Waals surface area (Å²) in [5.74, 6) is -0.251. The van der Waals surface area contributed by atoms with Crippen molar-refractivity contribution >= 4 is 17.5 Å².